The molecule has 1 amide bonds. The Bertz CT molecular complexity index is 461. The summed E-state index contributed by atoms with van der Waals surface area (Å²) in [6.45, 7) is 4.48. The van der Waals surface area contributed by atoms with Crippen molar-refractivity contribution < 1.29 is 9.90 Å². The molecule has 0 bridgehead atoms. The van der Waals surface area contributed by atoms with E-state index >= 15 is 0 Å². The lowest BCUT2D eigenvalue weighted by Gasteiger charge is -2.23. The number of carbonyl (C=O) groups excluding carboxylic acids is 1. The zero-order valence-electron chi connectivity index (χ0n) is 12.6. The molecule has 1 fully saturated rings. The summed E-state index contributed by atoms with van der Waals surface area (Å²) in [5.41, 5.74) is 7.41. The lowest BCUT2D eigenvalue weighted by atomic mass is 10.1. The summed E-state index contributed by atoms with van der Waals surface area (Å²) in [4.78, 5) is 14.5. The number of aliphatic hydroxyl groups is 1. The highest BCUT2D eigenvalue weighted by molar-refractivity contribution is 5.94. The van der Waals surface area contributed by atoms with Crippen molar-refractivity contribution in [3.63, 3.8) is 0 Å². The van der Waals surface area contributed by atoms with Crippen molar-refractivity contribution in [1.82, 2.24) is 4.90 Å². The monoisotopic (exact) mass is 291 g/mol. The molecule has 1 aromatic rings. The summed E-state index contributed by atoms with van der Waals surface area (Å²) in [7, 11) is 0. The van der Waals surface area contributed by atoms with Crippen LogP contribution in [0.15, 0.2) is 24.3 Å². The van der Waals surface area contributed by atoms with E-state index in [9.17, 15) is 4.79 Å². The first-order valence-corrected chi connectivity index (χ1v) is 7.58. The van der Waals surface area contributed by atoms with E-state index in [1.165, 1.54) is 0 Å². The van der Waals surface area contributed by atoms with Crippen molar-refractivity contribution >= 4 is 11.6 Å². The summed E-state index contributed by atoms with van der Waals surface area (Å²) < 4.78 is 0. The second kappa shape index (κ2) is 7.54. The third-order valence-electron chi connectivity index (χ3n) is 4.24. The maximum Gasteiger partial charge on any atom is 0.241 e. The van der Waals surface area contributed by atoms with Gasteiger partial charge in [-0.25, -0.2) is 0 Å². The van der Waals surface area contributed by atoms with E-state index < -0.39 is 0 Å². The largest absolute Gasteiger partial charge is 0.396 e. The van der Waals surface area contributed by atoms with Gasteiger partial charge in [-0.2, -0.15) is 0 Å². The van der Waals surface area contributed by atoms with E-state index in [0.29, 0.717) is 12.5 Å². The first kappa shape index (κ1) is 15.9. The van der Waals surface area contributed by atoms with E-state index in [1.54, 1.807) is 0 Å². The Morgan fingerprint density at radius 2 is 2.19 bits per heavy atom. The van der Waals surface area contributed by atoms with Crippen LogP contribution in [0.4, 0.5) is 5.69 Å². The number of nitrogens with two attached hydrogens (primary N) is 1. The second-order valence-corrected chi connectivity index (χ2v) is 5.73. The van der Waals surface area contributed by atoms with Gasteiger partial charge in [0, 0.05) is 25.4 Å². The number of hydrogen-bond acceptors (Lipinski definition) is 4. The van der Waals surface area contributed by atoms with Crippen molar-refractivity contribution in [1.29, 1.82) is 0 Å². The van der Waals surface area contributed by atoms with Crippen LogP contribution in [0.2, 0.25) is 0 Å². The van der Waals surface area contributed by atoms with Crippen molar-refractivity contribution in [2.24, 2.45) is 11.7 Å². The molecule has 4 N–H and O–H groups in total. The second-order valence-electron chi connectivity index (χ2n) is 5.73. The normalized spacial score (nSPS) is 20.4. The molecule has 0 spiro atoms. The molecule has 116 valence electrons. The van der Waals surface area contributed by atoms with Gasteiger partial charge in [0.15, 0.2) is 0 Å². The molecular weight excluding hydrogens is 266 g/mol. The summed E-state index contributed by atoms with van der Waals surface area (Å²) in [6.07, 6.45) is 1.88. The van der Waals surface area contributed by atoms with Crippen LogP contribution in [-0.4, -0.2) is 41.7 Å². The van der Waals surface area contributed by atoms with E-state index in [2.05, 4.69) is 10.2 Å². The van der Waals surface area contributed by atoms with Crippen LogP contribution in [0.25, 0.3) is 0 Å². The topological polar surface area (TPSA) is 78.6 Å². The molecule has 0 saturated carbocycles. The predicted molar refractivity (Wildman–Crippen MR) is 83.8 cm³/mol. The van der Waals surface area contributed by atoms with Crippen molar-refractivity contribution in [2.75, 3.05) is 25.0 Å². The number of aliphatic hydroxyl groups excluding tert-OH is 1. The summed E-state index contributed by atoms with van der Waals surface area (Å²) >= 11 is 0. The van der Waals surface area contributed by atoms with Gasteiger partial charge in [-0.15, -0.1) is 0 Å². The van der Waals surface area contributed by atoms with Crippen LogP contribution in [0.3, 0.4) is 0 Å². The van der Waals surface area contributed by atoms with Crippen molar-refractivity contribution in [3.05, 3.63) is 29.8 Å². The molecule has 5 nitrogen and oxygen atoms in total. The van der Waals surface area contributed by atoms with Crippen molar-refractivity contribution in [2.45, 2.75) is 32.4 Å². The molecule has 1 heterocycles. The zero-order valence-corrected chi connectivity index (χ0v) is 12.6. The zero-order chi connectivity index (χ0) is 15.2. The fourth-order valence-corrected chi connectivity index (χ4v) is 2.77. The van der Waals surface area contributed by atoms with Gasteiger partial charge in [0.25, 0.3) is 0 Å². The van der Waals surface area contributed by atoms with E-state index in [4.69, 9.17) is 10.8 Å². The third-order valence-corrected chi connectivity index (χ3v) is 4.24. The molecule has 0 aliphatic carbocycles. The molecule has 0 radical (unpaired) electrons. The average Bonchev–Trinajstić information content (AvgIpc) is 2.96. The Hall–Kier alpha value is -1.43. The lowest BCUT2D eigenvalue weighted by Crippen LogP contribution is -2.40. The highest BCUT2D eigenvalue weighted by Gasteiger charge is 2.29. The molecule has 1 aliphatic heterocycles. The van der Waals surface area contributed by atoms with Gasteiger partial charge in [-0.3, -0.25) is 9.69 Å². The fourth-order valence-electron chi connectivity index (χ4n) is 2.77. The third kappa shape index (κ3) is 4.27. The summed E-state index contributed by atoms with van der Waals surface area (Å²) in [5, 5.41) is 11.9. The molecule has 5 heteroatoms. The van der Waals surface area contributed by atoms with Gasteiger partial charge in [0.2, 0.25) is 5.91 Å². The fraction of sp³-hybridized carbons (Fsp3) is 0.562. The highest BCUT2D eigenvalue weighted by atomic mass is 16.3. The number of benzene rings is 1. The number of amides is 1. The maximum atomic E-state index is 12.3. The first-order valence-electron chi connectivity index (χ1n) is 7.58. The number of anilines is 1. The highest BCUT2D eigenvalue weighted by Crippen LogP contribution is 2.21. The number of hydrogen-bond donors (Lipinski definition) is 3. The Balaban J connectivity index is 1.87. The van der Waals surface area contributed by atoms with E-state index in [-0.39, 0.29) is 18.6 Å². The van der Waals surface area contributed by atoms with E-state index in [0.717, 1.165) is 37.2 Å². The maximum absolute atomic E-state index is 12.3. The molecule has 1 aliphatic rings. The Labute approximate surface area is 126 Å². The molecular formula is C16H25N3O2. The number of carbonyl (C=O) groups is 1. The van der Waals surface area contributed by atoms with Crippen LogP contribution in [0.5, 0.6) is 0 Å². The average molecular weight is 291 g/mol. The van der Waals surface area contributed by atoms with Crippen LogP contribution >= 0.6 is 0 Å². The van der Waals surface area contributed by atoms with Gasteiger partial charge in [-0.1, -0.05) is 12.1 Å². The minimum Gasteiger partial charge on any atom is -0.396 e. The molecule has 1 saturated heterocycles. The molecule has 2 atom stereocenters. The number of nitrogens with zero attached hydrogens (tertiary/aromatic N) is 1. The Kier molecular flexibility index (Phi) is 5.73. The number of rotatable bonds is 6. The summed E-state index contributed by atoms with van der Waals surface area (Å²) in [6, 6.07) is 7.46. The standard InChI is InChI=1S/C16H25N3O2/c1-12(19-8-6-14(11-19)7-9-20)16(21)18-15-4-2-13(10-17)3-5-15/h2-5,12,14,20H,6-11,17H2,1H3,(H,18,21). The number of nitrogens with one attached hydrogen (secondary N) is 1. The van der Waals surface area contributed by atoms with Crippen LogP contribution < -0.4 is 11.1 Å². The SMILES string of the molecule is CC(C(=O)Nc1ccc(CN)cc1)N1CCC(CCO)C1. The molecule has 0 aromatic heterocycles. The van der Waals surface area contributed by atoms with E-state index in [1.807, 2.05) is 31.2 Å². The molecule has 2 unspecified atom stereocenters. The Morgan fingerprint density at radius 3 is 2.81 bits per heavy atom. The van der Waals surface area contributed by atoms with Crippen LogP contribution in [-0.2, 0) is 11.3 Å². The lowest BCUT2D eigenvalue weighted by molar-refractivity contribution is -0.120. The van der Waals surface area contributed by atoms with Crippen molar-refractivity contribution in [3.8, 4) is 0 Å². The Morgan fingerprint density at radius 1 is 1.48 bits per heavy atom. The van der Waals surface area contributed by atoms with Gasteiger partial charge in [-0.05, 0) is 49.9 Å². The van der Waals surface area contributed by atoms with Gasteiger partial charge in [0.05, 0.1) is 6.04 Å². The van der Waals surface area contributed by atoms with Gasteiger partial charge < -0.3 is 16.2 Å². The molecule has 1 aromatic carbocycles. The molecule has 2 rings (SSSR count). The minimum atomic E-state index is -0.150. The minimum absolute atomic E-state index is 0.0140. The predicted octanol–water partition coefficient (Wildman–Crippen LogP) is 1.18. The van der Waals surface area contributed by atoms with Gasteiger partial charge >= 0.3 is 0 Å². The summed E-state index contributed by atoms with van der Waals surface area (Å²) in [5.74, 6) is 0.522. The first-order chi connectivity index (χ1) is 10.1. The van der Waals surface area contributed by atoms with Gasteiger partial charge in [0.1, 0.15) is 0 Å². The van der Waals surface area contributed by atoms with Crippen LogP contribution in [0, 0.1) is 5.92 Å². The quantitative estimate of drug-likeness (QED) is 0.735. The molecule has 21 heavy (non-hydrogen) atoms. The number of likely N-dealkylation sites (tertiary alicyclic amines) is 1. The smallest absolute Gasteiger partial charge is 0.241 e. The van der Waals surface area contributed by atoms with Crippen LogP contribution in [0.1, 0.15) is 25.3 Å².